The molecule has 1 aromatic rings. The number of amides is 1. The summed E-state index contributed by atoms with van der Waals surface area (Å²) in [4.78, 5) is 14.1. The molecule has 0 radical (unpaired) electrons. The Bertz CT molecular complexity index is 406. The number of rotatable bonds is 8. The predicted octanol–water partition coefficient (Wildman–Crippen LogP) is 0.612. The first-order valence-corrected chi connectivity index (χ1v) is 6.83. The van der Waals surface area contributed by atoms with Crippen molar-refractivity contribution in [3.63, 3.8) is 0 Å². The molecule has 1 rings (SSSR count). The van der Waals surface area contributed by atoms with Gasteiger partial charge in [0.25, 0.3) is 5.91 Å². The van der Waals surface area contributed by atoms with Crippen LogP contribution in [-0.4, -0.2) is 47.2 Å². The Labute approximate surface area is 119 Å². The quantitative estimate of drug-likeness (QED) is 0.367. The summed E-state index contributed by atoms with van der Waals surface area (Å²) in [6.07, 6.45) is 2.00. The second kappa shape index (κ2) is 8.44. The summed E-state index contributed by atoms with van der Waals surface area (Å²) >= 11 is 0. The van der Waals surface area contributed by atoms with Gasteiger partial charge in [0.15, 0.2) is 11.5 Å². The van der Waals surface area contributed by atoms with E-state index in [1.807, 2.05) is 0 Å². The molecule has 4 N–H and O–H groups in total. The zero-order valence-corrected chi connectivity index (χ0v) is 12.4. The largest absolute Gasteiger partial charge is 0.351 e. The van der Waals surface area contributed by atoms with Crippen molar-refractivity contribution in [2.24, 2.45) is 5.84 Å². The van der Waals surface area contributed by atoms with E-state index in [0.717, 1.165) is 19.4 Å². The number of nitrogens with one attached hydrogen (secondary N) is 2. The molecule has 0 fully saturated rings. The molecule has 112 valence electrons. The molecule has 0 aromatic carbocycles. The maximum atomic E-state index is 11.8. The van der Waals surface area contributed by atoms with Crippen molar-refractivity contribution in [1.82, 2.24) is 20.4 Å². The number of nitrogens with zero attached hydrogens (tertiary/aromatic N) is 3. The van der Waals surface area contributed by atoms with Gasteiger partial charge in [0, 0.05) is 12.6 Å². The third kappa shape index (κ3) is 5.50. The van der Waals surface area contributed by atoms with Crippen molar-refractivity contribution in [3.05, 3.63) is 17.8 Å². The molecule has 0 bridgehead atoms. The second-order valence-electron chi connectivity index (χ2n) is 4.99. The van der Waals surface area contributed by atoms with Gasteiger partial charge in [0.1, 0.15) is 0 Å². The molecule has 0 aliphatic rings. The minimum Gasteiger partial charge on any atom is -0.351 e. The topological polar surface area (TPSA) is 96.2 Å². The van der Waals surface area contributed by atoms with Crippen LogP contribution < -0.4 is 16.6 Å². The normalized spacial score (nSPS) is 10.9. The predicted molar refractivity (Wildman–Crippen MR) is 79.2 cm³/mol. The van der Waals surface area contributed by atoms with Crippen LogP contribution in [0.2, 0.25) is 0 Å². The summed E-state index contributed by atoms with van der Waals surface area (Å²) in [5, 5.41) is 10.4. The first-order chi connectivity index (χ1) is 9.54. The second-order valence-corrected chi connectivity index (χ2v) is 4.99. The third-order valence-corrected chi connectivity index (χ3v) is 3.15. The molecule has 1 amide bonds. The van der Waals surface area contributed by atoms with E-state index in [1.165, 1.54) is 0 Å². The van der Waals surface area contributed by atoms with Crippen LogP contribution >= 0.6 is 0 Å². The van der Waals surface area contributed by atoms with Gasteiger partial charge in [-0.1, -0.05) is 0 Å². The van der Waals surface area contributed by atoms with Gasteiger partial charge in [-0.3, -0.25) is 4.79 Å². The van der Waals surface area contributed by atoms with E-state index in [9.17, 15) is 4.79 Å². The molecule has 7 nitrogen and oxygen atoms in total. The van der Waals surface area contributed by atoms with Crippen LogP contribution in [-0.2, 0) is 0 Å². The zero-order valence-electron chi connectivity index (χ0n) is 12.4. The third-order valence-electron chi connectivity index (χ3n) is 3.15. The number of hydrogen-bond acceptors (Lipinski definition) is 6. The van der Waals surface area contributed by atoms with Crippen molar-refractivity contribution in [3.8, 4) is 0 Å². The smallest absolute Gasteiger partial charge is 0.271 e. The molecule has 20 heavy (non-hydrogen) atoms. The summed E-state index contributed by atoms with van der Waals surface area (Å²) in [5.74, 6) is 5.40. The summed E-state index contributed by atoms with van der Waals surface area (Å²) in [7, 11) is 2.10. The van der Waals surface area contributed by atoms with Gasteiger partial charge in [-0.05, 0) is 52.4 Å². The van der Waals surface area contributed by atoms with Gasteiger partial charge in [-0.15, -0.1) is 10.2 Å². The number of hydrogen-bond donors (Lipinski definition) is 3. The van der Waals surface area contributed by atoms with E-state index in [-0.39, 0.29) is 5.91 Å². The van der Waals surface area contributed by atoms with E-state index in [0.29, 0.717) is 24.1 Å². The van der Waals surface area contributed by atoms with Gasteiger partial charge < -0.3 is 15.6 Å². The van der Waals surface area contributed by atoms with Crippen LogP contribution in [0.5, 0.6) is 0 Å². The van der Waals surface area contributed by atoms with Crippen LogP contribution in [0, 0.1) is 0 Å². The fraction of sp³-hybridized carbons (Fsp3) is 0.615. The Hall–Kier alpha value is -1.73. The van der Waals surface area contributed by atoms with Crippen molar-refractivity contribution in [2.75, 3.05) is 25.6 Å². The Balaban J connectivity index is 2.22. The molecular formula is C13H24N6O. The number of carbonyl (C=O) groups excluding carboxylic acids is 1. The van der Waals surface area contributed by atoms with E-state index in [2.05, 4.69) is 46.7 Å². The lowest BCUT2D eigenvalue weighted by Gasteiger charge is -2.20. The minimum absolute atomic E-state index is 0.210. The highest BCUT2D eigenvalue weighted by atomic mass is 16.1. The molecule has 0 atom stereocenters. The van der Waals surface area contributed by atoms with Gasteiger partial charge in [0.2, 0.25) is 0 Å². The Morgan fingerprint density at radius 1 is 1.35 bits per heavy atom. The number of nitrogen functional groups attached to an aromatic ring is 1. The lowest BCUT2D eigenvalue weighted by atomic mass is 10.2. The van der Waals surface area contributed by atoms with Crippen LogP contribution in [0.3, 0.4) is 0 Å². The molecule has 7 heteroatoms. The monoisotopic (exact) mass is 280 g/mol. The molecule has 1 heterocycles. The highest BCUT2D eigenvalue weighted by molar-refractivity contribution is 5.92. The molecule has 0 aliphatic carbocycles. The van der Waals surface area contributed by atoms with Crippen LogP contribution in [0.15, 0.2) is 12.1 Å². The standard InChI is InChI=1S/C13H24N6O/c1-10(2)19(3)9-5-4-8-15-13(20)11-6-7-12(16-14)18-17-11/h6-7,10H,4-5,8-9,14H2,1-3H3,(H,15,20)(H,16,18). The van der Waals surface area contributed by atoms with Crippen molar-refractivity contribution in [1.29, 1.82) is 0 Å². The molecule has 0 aliphatic heterocycles. The minimum atomic E-state index is -0.210. The molecule has 0 saturated carbocycles. The van der Waals surface area contributed by atoms with E-state index >= 15 is 0 Å². The Morgan fingerprint density at radius 2 is 2.10 bits per heavy atom. The van der Waals surface area contributed by atoms with Crippen molar-refractivity contribution in [2.45, 2.75) is 32.7 Å². The summed E-state index contributed by atoms with van der Waals surface area (Å²) in [5.41, 5.74) is 2.66. The first kappa shape index (κ1) is 16.3. The molecule has 0 saturated heterocycles. The SMILES string of the molecule is CC(C)N(C)CCCCNC(=O)c1ccc(NN)nn1. The highest BCUT2D eigenvalue weighted by Gasteiger charge is 2.07. The molecule has 1 aromatic heterocycles. The fourth-order valence-electron chi connectivity index (χ4n) is 1.57. The number of carbonyl (C=O) groups is 1. The van der Waals surface area contributed by atoms with E-state index < -0.39 is 0 Å². The number of anilines is 1. The zero-order chi connectivity index (χ0) is 15.0. The number of unbranched alkanes of at least 4 members (excludes halogenated alkanes) is 1. The lowest BCUT2D eigenvalue weighted by Crippen LogP contribution is -2.29. The number of aromatic nitrogens is 2. The Morgan fingerprint density at radius 3 is 2.65 bits per heavy atom. The van der Waals surface area contributed by atoms with Gasteiger partial charge in [-0.2, -0.15) is 0 Å². The molecule has 0 unspecified atom stereocenters. The number of nitrogens with two attached hydrogens (primary N) is 1. The average Bonchev–Trinajstić information content (AvgIpc) is 2.46. The van der Waals surface area contributed by atoms with E-state index in [4.69, 9.17) is 5.84 Å². The maximum Gasteiger partial charge on any atom is 0.271 e. The molecule has 0 spiro atoms. The summed E-state index contributed by atoms with van der Waals surface area (Å²) < 4.78 is 0. The van der Waals surface area contributed by atoms with Crippen LogP contribution in [0.1, 0.15) is 37.2 Å². The maximum absolute atomic E-state index is 11.8. The van der Waals surface area contributed by atoms with Crippen molar-refractivity contribution >= 4 is 11.7 Å². The number of hydrazine groups is 1. The van der Waals surface area contributed by atoms with Gasteiger partial charge in [0.05, 0.1) is 0 Å². The Kier molecular flexibility index (Phi) is 6.89. The van der Waals surface area contributed by atoms with Crippen LogP contribution in [0.4, 0.5) is 5.82 Å². The van der Waals surface area contributed by atoms with Crippen molar-refractivity contribution < 1.29 is 4.79 Å². The first-order valence-electron chi connectivity index (χ1n) is 6.83. The lowest BCUT2D eigenvalue weighted by molar-refractivity contribution is 0.0946. The average molecular weight is 280 g/mol. The summed E-state index contributed by atoms with van der Waals surface area (Å²) in [6, 6.07) is 3.75. The summed E-state index contributed by atoms with van der Waals surface area (Å²) in [6.45, 7) is 6.01. The van der Waals surface area contributed by atoms with E-state index in [1.54, 1.807) is 12.1 Å². The fourth-order valence-corrected chi connectivity index (χ4v) is 1.57. The molecular weight excluding hydrogens is 256 g/mol. The van der Waals surface area contributed by atoms with Gasteiger partial charge >= 0.3 is 0 Å². The highest BCUT2D eigenvalue weighted by Crippen LogP contribution is 2.00. The van der Waals surface area contributed by atoms with Crippen LogP contribution in [0.25, 0.3) is 0 Å². The van der Waals surface area contributed by atoms with Gasteiger partial charge in [-0.25, -0.2) is 5.84 Å².